The number of hydrogen-bond acceptors (Lipinski definition) is 6. The summed E-state index contributed by atoms with van der Waals surface area (Å²) in [5.41, 5.74) is 3.61. The number of piperazine rings is 1. The molecule has 8 heteroatoms. The number of ether oxygens (including phenoxy) is 1. The second-order valence-electron chi connectivity index (χ2n) is 8.51. The molecule has 0 aliphatic carbocycles. The van der Waals surface area contributed by atoms with Crippen molar-refractivity contribution >= 4 is 22.3 Å². The molecule has 32 heavy (non-hydrogen) atoms. The van der Waals surface area contributed by atoms with Crippen LogP contribution in [0.2, 0.25) is 0 Å². The van der Waals surface area contributed by atoms with Crippen LogP contribution in [0.1, 0.15) is 30.5 Å². The smallest absolute Gasteiger partial charge is 0.263 e. The molecule has 2 aliphatic heterocycles. The van der Waals surface area contributed by atoms with Crippen LogP contribution >= 0.6 is 0 Å². The molecular formula is C24H27F2N5O. The molecule has 0 unspecified atom stereocenters. The summed E-state index contributed by atoms with van der Waals surface area (Å²) < 4.78 is 31.9. The van der Waals surface area contributed by atoms with Gasteiger partial charge in [0.15, 0.2) is 0 Å². The molecule has 0 spiro atoms. The van der Waals surface area contributed by atoms with Crippen LogP contribution in [0.5, 0.6) is 0 Å². The third kappa shape index (κ3) is 4.25. The van der Waals surface area contributed by atoms with E-state index in [2.05, 4.69) is 37.4 Å². The van der Waals surface area contributed by atoms with Crippen molar-refractivity contribution in [1.82, 2.24) is 15.1 Å². The van der Waals surface area contributed by atoms with Gasteiger partial charge in [-0.1, -0.05) is 18.2 Å². The third-order valence-electron chi connectivity index (χ3n) is 6.46. The molecule has 3 heterocycles. The first-order valence-electron chi connectivity index (χ1n) is 11.1. The van der Waals surface area contributed by atoms with Crippen molar-refractivity contribution in [2.45, 2.75) is 25.4 Å². The van der Waals surface area contributed by atoms with E-state index in [1.54, 1.807) is 18.3 Å². The molecule has 2 fully saturated rings. The van der Waals surface area contributed by atoms with E-state index in [1.165, 1.54) is 6.07 Å². The number of halogens is 2. The van der Waals surface area contributed by atoms with Crippen LogP contribution in [0.3, 0.4) is 0 Å². The van der Waals surface area contributed by atoms with Crippen molar-refractivity contribution in [2.75, 3.05) is 49.6 Å². The molecule has 2 aliphatic rings. The predicted octanol–water partition coefficient (Wildman–Crippen LogP) is 4.26. The second-order valence-corrected chi connectivity index (χ2v) is 8.51. The van der Waals surface area contributed by atoms with Crippen LogP contribution in [0.15, 0.2) is 48.7 Å². The van der Waals surface area contributed by atoms with E-state index >= 15 is 0 Å². The maximum atomic E-state index is 13.1. The van der Waals surface area contributed by atoms with Crippen molar-refractivity contribution in [3.8, 4) is 0 Å². The van der Waals surface area contributed by atoms with Gasteiger partial charge in [-0.2, -0.15) is 10.2 Å². The molecule has 1 N–H and O–H groups in total. The maximum absolute atomic E-state index is 13.1. The van der Waals surface area contributed by atoms with Gasteiger partial charge in [0.05, 0.1) is 36.7 Å². The number of hydrogen-bond donors (Lipinski definition) is 1. The Morgan fingerprint density at radius 2 is 1.97 bits per heavy atom. The quantitative estimate of drug-likeness (QED) is 0.641. The molecule has 2 saturated heterocycles. The Hall–Kier alpha value is -2.84. The van der Waals surface area contributed by atoms with Crippen LogP contribution in [-0.4, -0.2) is 60.5 Å². The van der Waals surface area contributed by atoms with Gasteiger partial charge < -0.3 is 15.0 Å². The Bertz CT molecular complexity index is 1090. The monoisotopic (exact) mass is 439 g/mol. The van der Waals surface area contributed by atoms with Gasteiger partial charge in [0.1, 0.15) is 0 Å². The Morgan fingerprint density at radius 3 is 2.84 bits per heavy atom. The lowest BCUT2D eigenvalue weighted by Gasteiger charge is -2.44. The van der Waals surface area contributed by atoms with Crippen molar-refractivity contribution in [3.05, 3.63) is 59.8 Å². The van der Waals surface area contributed by atoms with Gasteiger partial charge in [-0.25, -0.2) is 8.78 Å². The molecule has 0 amide bonds. The standard InChI is InChI=1S/C24H27F2N5O/c1-16(17-3-2-4-18(11-17)24(25)26)28-23-13-27-29-22-6-5-19(12-21(22)23)31-8-7-30-9-10-32-15-20(30)14-31/h2-6,11-13,16,20,24H,7-10,14-15H2,1H3,(H,28,29)/t16-,20+/m1/s1. The summed E-state index contributed by atoms with van der Waals surface area (Å²) in [6.45, 7) is 7.50. The minimum absolute atomic E-state index is 0.0296. The van der Waals surface area contributed by atoms with Crippen LogP contribution in [0.4, 0.5) is 20.2 Å². The summed E-state index contributed by atoms with van der Waals surface area (Å²) in [7, 11) is 0. The first-order chi connectivity index (χ1) is 15.6. The molecule has 0 saturated carbocycles. The Kier molecular flexibility index (Phi) is 5.89. The number of benzene rings is 2. The van der Waals surface area contributed by atoms with Crippen LogP contribution in [0, 0.1) is 0 Å². The average molecular weight is 440 g/mol. The zero-order chi connectivity index (χ0) is 22.1. The molecule has 2 aromatic carbocycles. The molecule has 0 bridgehead atoms. The highest BCUT2D eigenvalue weighted by Crippen LogP contribution is 2.31. The fourth-order valence-electron chi connectivity index (χ4n) is 4.62. The fourth-order valence-corrected chi connectivity index (χ4v) is 4.62. The van der Waals surface area contributed by atoms with Gasteiger partial charge in [0.2, 0.25) is 0 Å². The van der Waals surface area contributed by atoms with Crippen molar-refractivity contribution in [1.29, 1.82) is 0 Å². The number of rotatable bonds is 5. The van der Waals surface area contributed by atoms with Gasteiger partial charge in [-0.3, -0.25) is 4.90 Å². The number of morpholine rings is 1. The van der Waals surface area contributed by atoms with E-state index in [-0.39, 0.29) is 11.6 Å². The highest BCUT2D eigenvalue weighted by Gasteiger charge is 2.29. The van der Waals surface area contributed by atoms with E-state index < -0.39 is 6.43 Å². The summed E-state index contributed by atoms with van der Waals surface area (Å²) in [5.74, 6) is 0. The van der Waals surface area contributed by atoms with E-state index in [0.717, 1.165) is 67.2 Å². The summed E-state index contributed by atoms with van der Waals surface area (Å²) in [6, 6.07) is 13.0. The lowest BCUT2D eigenvalue weighted by atomic mass is 10.0. The summed E-state index contributed by atoms with van der Waals surface area (Å²) in [6.07, 6.45) is -0.782. The van der Waals surface area contributed by atoms with Crippen LogP contribution in [-0.2, 0) is 4.74 Å². The summed E-state index contributed by atoms with van der Waals surface area (Å²) in [5, 5.41) is 12.8. The lowest BCUT2D eigenvalue weighted by Crippen LogP contribution is -2.58. The molecule has 5 rings (SSSR count). The average Bonchev–Trinajstić information content (AvgIpc) is 2.83. The molecule has 3 aromatic rings. The minimum Gasteiger partial charge on any atom is -0.378 e. The van der Waals surface area contributed by atoms with Gasteiger partial charge in [-0.05, 0) is 36.8 Å². The van der Waals surface area contributed by atoms with E-state index in [0.29, 0.717) is 6.04 Å². The number of aromatic nitrogens is 2. The number of anilines is 2. The molecule has 6 nitrogen and oxygen atoms in total. The largest absolute Gasteiger partial charge is 0.378 e. The van der Waals surface area contributed by atoms with Crippen LogP contribution < -0.4 is 10.2 Å². The maximum Gasteiger partial charge on any atom is 0.263 e. The fraction of sp³-hybridized carbons (Fsp3) is 0.417. The normalized spacial score (nSPS) is 20.4. The number of nitrogens with one attached hydrogen (secondary N) is 1. The third-order valence-corrected chi connectivity index (χ3v) is 6.46. The Balaban J connectivity index is 1.40. The number of fused-ring (bicyclic) bond motifs is 2. The SMILES string of the molecule is C[C@@H](Nc1cnnc2ccc(N3CCN4CCOC[C@@H]4C3)cc12)c1cccc(C(F)F)c1. The van der Waals surface area contributed by atoms with E-state index in [9.17, 15) is 8.78 Å². The first kappa shape index (κ1) is 21.0. The van der Waals surface area contributed by atoms with Crippen LogP contribution in [0.25, 0.3) is 10.9 Å². The molecule has 1 aromatic heterocycles. The van der Waals surface area contributed by atoms with Gasteiger partial charge in [0.25, 0.3) is 6.43 Å². The summed E-state index contributed by atoms with van der Waals surface area (Å²) >= 11 is 0. The topological polar surface area (TPSA) is 53.5 Å². The Morgan fingerprint density at radius 1 is 1.09 bits per heavy atom. The number of nitrogens with zero attached hydrogens (tertiary/aromatic N) is 4. The highest BCUT2D eigenvalue weighted by atomic mass is 19.3. The molecule has 2 atom stereocenters. The first-order valence-corrected chi connectivity index (χ1v) is 11.1. The predicted molar refractivity (Wildman–Crippen MR) is 121 cm³/mol. The molecule has 0 radical (unpaired) electrons. The Labute approximate surface area is 186 Å². The lowest BCUT2D eigenvalue weighted by molar-refractivity contribution is -0.0116. The van der Waals surface area contributed by atoms with Gasteiger partial charge in [-0.15, -0.1) is 0 Å². The zero-order valence-corrected chi connectivity index (χ0v) is 18.0. The number of alkyl halides is 2. The highest BCUT2D eigenvalue weighted by molar-refractivity contribution is 5.93. The zero-order valence-electron chi connectivity index (χ0n) is 18.0. The molecular weight excluding hydrogens is 412 g/mol. The van der Waals surface area contributed by atoms with Crippen molar-refractivity contribution in [3.63, 3.8) is 0 Å². The summed E-state index contributed by atoms with van der Waals surface area (Å²) in [4.78, 5) is 4.91. The van der Waals surface area contributed by atoms with Crippen molar-refractivity contribution < 1.29 is 13.5 Å². The minimum atomic E-state index is -2.48. The van der Waals surface area contributed by atoms with E-state index in [4.69, 9.17) is 4.74 Å². The second kappa shape index (κ2) is 8.96. The molecule has 168 valence electrons. The van der Waals surface area contributed by atoms with Gasteiger partial charge >= 0.3 is 0 Å². The van der Waals surface area contributed by atoms with Crippen molar-refractivity contribution in [2.24, 2.45) is 0 Å². The van der Waals surface area contributed by atoms with E-state index in [1.807, 2.05) is 19.1 Å². The van der Waals surface area contributed by atoms with Gasteiger partial charge in [0, 0.05) is 48.9 Å².